The van der Waals surface area contributed by atoms with E-state index in [9.17, 15) is 18.3 Å². The monoisotopic (exact) mass is 259 g/mol. The minimum atomic E-state index is -4.53. The van der Waals surface area contributed by atoms with E-state index in [-0.39, 0.29) is 11.1 Å². The average Bonchev–Trinajstić information content (AvgIpc) is 2.34. The number of aliphatic hydroxyl groups is 1. The zero-order chi connectivity index (χ0) is 13.8. The standard InChI is InChI=1S/C12H12F3NO2/c1-18-11(12(13,14)15)6-10(17)9-4-2-3-8(5-9)7-16/h2-5,10-11,17H,6H2,1H3. The Morgan fingerprint density at radius 1 is 1.44 bits per heavy atom. The number of benzene rings is 1. The third-order valence-corrected chi connectivity index (χ3v) is 2.49. The molecule has 0 aromatic heterocycles. The van der Waals surface area contributed by atoms with Gasteiger partial charge in [-0.1, -0.05) is 12.1 Å². The number of halogens is 3. The molecule has 1 rings (SSSR count). The van der Waals surface area contributed by atoms with Crippen LogP contribution in [0.4, 0.5) is 13.2 Å². The molecule has 0 aliphatic carbocycles. The predicted octanol–water partition coefficient (Wildman–Crippen LogP) is 2.56. The molecule has 0 aliphatic rings. The van der Waals surface area contributed by atoms with Crippen LogP contribution in [0.1, 0.15) is 23.7 Å². The van der Waals surface area contributed by atoms with Crippen molar-refractivity contribution >= 4 is 0 Å². The van der Waals surface area contributed by atoms with E-state index in [4.69, 9.17) is 5.26 Å². The van der Waals surface area contributed by atoms with Crippen LogP contribution in [0, 0.1) is 11.3 Å². The van der Waals surface area contributed by atoms with Gasteiger partial charge in [-0.15, -0.1) is 0 Å². The van der Waals surface area contributed by atoms with Gasteiger partial charge in [0.2, 0.25) is 0 Å². The molecule has 0 bridgehead atoms. The molecule has 0 saturated carbocycles. The molecule has 1 aromatic carbocycles. The van der Waals surface area contributed by atoms with Gasteiger partial charge in [0.05, 0.1) is 17.7 Å². The van der Waals surface area contributed by atoms with Gasteiger partial charge in [-0.05, 0) is 17.7 Å². The van der Waals surface area contributed by atoms with Crippen molar-refractivity contribution < 1.29 is 23.0 Å². The maximum absolute atomic E-state index is 12.5. The quantitative estimate of drug-likeness (QED) is 0.904. The number of hydrogen-bond donors (Lipinski definition) is 1. The predicted molar refractivity (Wildman–Crippen MR) is 57.6 cm³/mol. The van der Waals surface area contributed by atoms with E-state index in [1.807, 2.05) is 6.07 Å². The number of nitriles is 1. The second-order valence-corrected chi connectivity index (χ2v) is 3.75. The summed E-state index contributed by atoms with van der Waals surface area (Å²) in [4.78, 5) is 0. The van der Waals surface area contributed by atoms with Crippen LogP contribution in [-0.4, -0.2) is 24.5 Å². The van der Waals surface area contributed by atoms with Crippen LogP contribution in [0.15, 0.2) is 24.3 Å². The van der Waals surface area contributed by atoms with Crippen molar-refractivity contribution in [3.63, 3.8) is 0 Å². The number of methoxy groups -OCH3 is 1. The van der Waals surface area contributed by atoms with Crippen molar-refractivity contribution in [3.8, 4) is 6.07 Å². The maximum Gasteiger partial charge on any atom is 0.414 e. The minimum Gasteiger partial charge on any atom is -0.388 e. The van der Waals surface area contributed by atoms with Gasteiger partial charge in [0, 0.05) is 13.5 Å². The smallest absolute Gasteiger partial charge is 0.388 e. The molecule has 2 atom stereocenters. The third-order valence-electron chi connectivity index (χ3n) is 2.49. The SMILES string of the molecule is COC(CC(O)c1cccc(C#N)c1)C(F)(F)F. The Labute approximate surface area is 102 Å². The summed E-state index contributed by atoms with van der Waals surface area (Å²) in [6.45, 7) is 0. The lowest BCUT2D eigenvalue weighted by molar-refractivity contribution is -0.220. The van der Waals surface area contributed by atoms with E-state index in [2.05, 4.69) is 4.74 Å². The summed E-state index contributed by atoms with van der Waals surface area (Å²) < 4.78 is 41.7. The molecular weight excluding hydrogens is 247 g/mol. The summed E-state index contributed by atoms with van der Waals surface area (Å²) in [6.07, 6.45) is -8.49. The Bertz CT molecular complexity index is 440. The van der Waals surface area contributed by atoms with Crippen LogP contribution >= 0.6 is 0 Å². The summed E-state index contributed by atoms with van der Waals surface area (Å²) >= 11 is 0. The van der Waals surface area contributed by atoms with E-state index in [0.717, 1.165) is 7.11 Å². The summed E-state index contributed by atoms with van der Waals surface area (Å²) in [5, 5.41) is 18.4. The Hall–Kier alpha value is -1.58. The highest BCUT2D eigenvalue weighted by atomic mass is 19.4. The lowest BCUT2D eigenvalue weighted by Gasteiger charge is -2.21. The van der Waals surface area contributed by atoms with E-state index < -0.39 is 24.8 Å². The summed E-state index contributed by atoms with van der Waals surface area (Å²) in [6, 6.07) is 7.69. The first-order valence-electron chi connectivity index (χ1n) is 5.16. The highest BCUT2D eigenvalue weighted by Crippen LogP contribution is 2.30. The second-order valence-electron chi connectivity index (χ2n) is 3.75. The van der Waals surface area contributed by atoms with E-state index in [1.54, 1.807) is 0 Å². The number of aliphatic hydroxyl groups excluding tert-OH is 1. The molecule has 98 valence electrons. The molecule has 0 saturated heterocycles. The van der Waals surface area contributed by atoms with Crippen molar-refractivity contribution in [1.29, 1.82) is 5.26 Å². The number of ether oxygens (including phenoxy) is 1. The van der Waals surface area contributed by atoms with Crippen LogP contribution in [0.5, 0.6) is 0 Å². The molecule has 1 aromatic rings. The van der Waals surface area contributed by atoms with E-state index in [0.29, 0.717) is 0 Å². The molecule has 18 heavy (non-hydrogen) atoms. The number of hydrogen-bond acceptors (Lipinski definition) is 3. The molecule has 0 radical (unpaired) electrons. The van der Waals surface area contributed by atoms with Crippen LogP contribution in [0.25, 0.3) is 0 Å². The van der Waals surface area contributed by atoms with Gasteiger partial charge in [-0.2, -0.15) is 18.4 Å². The van der Waals surface area contributed by atoms with Crippen LogP contribution in [-0.2, 0) is 4.74 Å². The van der Waals surface area contributed by atoms with Crippen molar-refractivity contribution in [2.75, 3.05) is 7.11 Å². The molecule has 0 fully saturated rings. The van der Waals surface area contributed by atoms with Gasteiger partial charge < -0.3 is 9.84 Å². The molecular formula is C12H12F3NO2. The summed E-state index contributed by atoms with van der Waals surface area (Å²) in [5.74, 6) is 0. The van der Waals surface area contributed by atoms with Gasteiger partial charge >= 0.3 is 6.18 Å². The van der Waals surface area contributed by atoms with Gasteiger partial charge in [0.25, 0.3) is 0 Å². The Morgan fingerprint density at radius 3 is 2.61 bits per heavy atom. The second kappa shape index (κ2) is 5.85. The number of rotatable bonds is 4. The highest BCUT2D eigenvalue weighted by molar-refractivity contribution is 5.33. The first-order valence-corrected chi connectivity index (χ1v) is 5.16. The average molecular weight is 259 g/mol. The molecule has 3 nitrogen and oxygen atoms in total. The Morgan fingerprint density at radius 2 is 2.11 bits per heavy atom. The summed E-state index contributed by atoms with van der Waals surface area (Å²) in [5.41, 5.74) is 0.549. The normalized spacial score (nSPS) is 14.9. The van der Waals surface area contributed by atoms with Crippen molar-refractivity contribution in [3.05, 3.63) is 35.4 Å². The fourth-order valence-electron chi connectivity index (χ4n) is 1.52. The van der Waals surface area contributed by atoms with Gasteiger partial charge in [0.1, 0.15) is 0 Å². The molecule has 0 spiro atoms. The van der Waals surface area contributed by atoms with Crippen molar-refractivity contribution in [1.82, 2.24) is 0 Å². The fourth-order valence-corrected chi connectivity index (χ4v) is 1.52. The minimum absolute atomic E-state index is 0.264. The lowest BCUT2D eigenvalue weighted by atomic mass is 10.0. The fraction of sp³-hybridized carbons (Fsp3) is 0.417. The molecule has 6 heteroatoms. The molecule has 1 N–H and O–H groups in total. The van der Waals surface area contributed by atoms with Gasteiger partial charge in [-0.25, -0.2) is 0 Å². The Kier molecular flexibility index (Phi) is 4.70. The molecule has 2 unspecified atom stereocenters. The number of alkyl halides is 3. The van der Waals surface area contributed by atoms with Crippen LogP contribution in [0.2, 0.25) is 0 Å². The Balaban J connectivity index is 2.81. The number of nitrogens with zero attached hydrogens (tertiary/aromatic N) is 1. The molecule has 0 aliphatic heterocycles. The first-order chi connectivity index (χ1) is 8.38. The van der Waals surface area contributed by atoms with Crippen LogP contribution in [0.3, 0.4) is 0 Å². The first kappa shape index (κ1) is 14.5. The highest BCUT2D eigenvalue weighted by Gasteiger charge is 2.41. The zero-order valence-corrected chi connectivity index (χ0v) is 9.61. The third kappa shape index (κ3) is 3.72. The van der Waals surface area contributed by atoms with E-state index in [1.165, 1.54) is 24.3 Å². The maximum atomic E-state index is 12.5. The van der Waals surface area contributed by atoms with Gasteiger partial charge in [0.15, 0.2) is 6.10 Å². The topological polar surface area (TPSA) is 53.2 Å². The van der Waals surface area contributed by atoms with E-state index >= 15 is 0 Å². The lowest BCUT2D eigenvalue weighted by Crippen LogP contribution is -2.32. The van der Waals surface area contributed by atoms with Crippen molar-refractivity contribution in [2.24, 2.45) is 0 Å². The van der Waals surface area contributed by atoms with Crippen LogP contribution < -0.4 is 0 Å². The molecule has 0 amide bonds. The molecule has 0 heterocycles. The zero-order valence-electron chi connectivity index (χ0n) is 9.61. The summed E-state index contributed by atoms with van der Waals surface area (Å²) in [7, 11) is 0.941. The van der Waals surface area contributed by atoms with Gasteiger partial charge in [-0.3, -0.25) is 0 Å². The largest absolute Gasteiger partial charge is 0.414 e. The van der Waals surface area contributed by atoms with Crippen molar-refractivity contribution in [2.45, 2.75) is 24.8 Å².